The maximum atomic E-state index is 8.77. The summed E-state index contributed by atoms with van der Waals surface area (Å²) in [4.78, 5) is 4.44. The lowest BCUT2D eigenvalue weighted by Crippen LogP contribution is -2.05. The summed E-state index contributed by atoms with van der Waals surface area (Å²) >= 11 is 0. The van der Waals surface area contributed by atoms with E-state index in [-0.39, 0.29) is 0 Å². The normalized spacial score (nSPS) is 12.6. The van der Waals surface area contributed by atoms with E-state index in [9.17, 15) is 0 Å². The van der Waals surface area contributed by atoms with Crippen LogP contribution in [0.3, 0.4) is 0 Å². The van der Waals surface area contributed by atoms with Crippen molar-refractivity contribution < 1.29 is 0 Å². The SMILES string of the molecule is Cc1nc(C(C)C(C)C)ccc1C#N. The fourth-order valence-corrected chi connectivity index (χ4v) is 1.29. The van der Waals surface area contributed by atoms with E-state index in [1.165, 1.54) is 0 Å². The van der Waals surface area contributed by atoms with Gasteiger partial charge in [-0.1, -0.05) is 20.8 Å². The van der Waals surface area contributed by atoms with Crippen molar-refractivity contribution in [2.75, 3.05) is 0 Å². The summed E-state index contributed by atoms with van der Waals surface area (Å²) in [6.07, 6.45) is 0. The first-order valence-corrected chi connectivity index (χ1v) is 4.94. The third-order valence-electron chi connectivity index (χ3n) is 2.69. The first kappa shape index (κ1) is 10.7. The highest BCUT2D eigenvalue weighted by atomic mass is 14.7. The van der Waals surface area contributed by atoms with E-state index in [0.29, 0.717) is 17.4 Å². The zero-order valence-corrected chi connectivity index (χ0v) is 9.20. The molecule has 2 heteroatoms. The monoisotopic (exact) mass is 188 g/mol. The number of pyridine rings is 1. The third-order valence-corrected chi connectivity index (χ3v) is 2.69. The molecule has 1 atom stereocenters. The minimum absolute atomic E-state index is 0.446. The predicted octanol–water partition coefficient (Wildman–Crippen LogP) is 3.02. The minimum Gasteiger partial charge on any atom is -0.257 e. The average molecular weight is 188 g/mol. The summed E-state index contributed by atoms with van der Waals surface area (Å²) in [7, 11) is 0. The lowest BCUT2D eigenvalue weighted by atomic mass is 9.94. The Balaban J connectivity index is 3.04. The second-order valence-corrected chi connectivity index (χ2v) is 4.01. The highest BCUT2D eigenvalue weighted by Gasteiger charge is 2.12. The van der Waals surface area contributed by atoms with Crippen molar-refractivity contribution in [3.05, 3.63) is 29.1 Å². The van der Waals surface area contributed by atoms with E-state index in [1.54, 1.807) is 0 Å². The Labute approximate surface area is 85.6 Å². The van der Waals surface area contributed by atoms with Gasteiger partial charge in [0.05, 0.1) is 11.3 Å². The van der Waals surface area contributed by atoms with Crippen LogP contribution in [0.1, 0.15) is 43.6 Å². The van der Waals surface area contributed by atoms with Gasteiger partial charge in [0.2, 0.25) is 0 Å². The molecule has 0 spiro atoms. The van der Waals surface area contributed by atoms with E-state index in [4.69, 9.17) is 5.26 Å². The molecule has 74 valence electrons. The van der Waals surface area contributed by atoms with E-state index >= 15 is 0 Å². The van der Waals surface area contributed by atoms with E-state index in [0.717, 1.165) is 11.4 Å². The van der Waals surface area contributed by atoms with Crippen molar-refractivity contribution in [2.45, 2.75) is 33.6 Å². The molecule has 0 aliphatic heterocycles. The molecule has 0 saturated carbocycles. The topological polar surface area (TPSA) is 36.7 Å². The van der Waals surface area contributed by atoms with Gasteiger partial charge < -0.3 is 0 Å². The first-order valence-electron chi connectivity index (χ1n) is 4.94. The fraction of sp³-hybridized carbons (Fsp3) is 0.500. The highest BCUT2D eigenvalue weighted by molar-refractivity contribution is 5.34. The Morgan fingerprint density at radius 1 is 1.29 bits per heavy atom. The van der Waals surface area contributed by atoms with Crippen LogP contribution in [-0.2, 0) is 0 Å². The highest BCUT2D eigenvalue weighted by Crippen LogP contribution is 2.22. The van der Waals surface area contributed by atoms with Crippen molar-refractivity contribution >= 4 is 0 Å². The third kappa shape index (κ3) is 2.11. The van der Waals surface area contributed by atoms with Gasteiger partial charge in [0, 0.05) is 11.6 Å². The molecule has 1 aromatic heterocycles. The summed E-state index contributed by atoms with van der Waals surface area (Å²) in [5.41, 5.74) is 2.58. The maximum Gasteiger partial charge on any atom is 0.101 e. The first-order chi connectivity index (χ1) is 6.56. The molecule has 14 heavy (non-hydrogen) atoms. The van der Waals surface area contributed by atoms with Crippen LogP contribution < -0.4 is 0 Å². The van der Waals surface area contributed by atoms with Gasteiger partial charge in [0.1, 0.15) is 6.07 Å². The van der Waals surface area contributed by atoms with Gasteiger partial charge in [-0.2, -0.15) is 5.26 Å². The fourth-order valence-electron chi connectivity index (χ4n) is 1.29. The number of hydrogen-bond donors (Lipinski definition) is 0. The van der Waals surface area contributed by atoms with Crippen LogP contribution in [0.4, 0.5) is 0 Å². The van der Waals surface area contributed by atoms with Crippen LogP contribution >= 0.6 is 0 Å². The van der Waals surface area contributed by atoms with Crippen LogP contribution in [0, 0.1) is 24.2 Å². The minimum atomic E-state index is 0.446. The summed E-state index contributed by atoms with van der Waals surface area (Å²) in [6, 6.07) is 5.94. The molecule has 0 aromatic carbocycles. The number of rotatable bonds is 2. The molecular weight excluding hydrogens is 172 g/mol. The van der Waals surface area contributed by atoms with Gasteiger partial charge in [-0.25, -0.2) is 0 Å². The van der Waals surface area contributed by atoms with Gasteiger partial charge in [-0.05, 0) is 25.0 Å². The molecule has 1 aromatic rings. The second-order valence-electron chi connectivity index (χ2n) is 4.01. The molecule has 2 nitrogen and oxygen atoms in total. The molecule has 0 N–H and O–H groups in total. The molecule has 0 aliphatic rings. The molecule has 0 fully saturated rings. The maximum absolute atomic E-state index is 8.77. The smallest absolute Gasteiger partial charge is 0.101 e. The molecule has 0 amide bonds. The number of hydrogen-bond acceptors (Lipinski definition) is 2. The lowest BCUT2D eigenvalue weighted by Gasteiger charge is -2.15. The molecular formula is C12H16N2. The van der Waals surface area contributed by atoms with Crippen molar-refractivity contribution in [1.82, 2.24) is 4.98 Å². The summed E-state index contributed by atoms with van der Waals surface area (Å²) in [5, 5.41) is 8.77. The van der Waals surface area contributed by atoms with Crippen LogP contribution in [-0.4, -0.2) is 4.98 Å². The van der Waals surface area contributed by atoms with Gasteiger partial charge in [0.25, 0.3) is 0 Å². The Kier molecular flexibility index (Phi) is 3.24. The van der Waals surface area contributed by atoms with E-state index in [2.05, 4.69) is 31.8 Å². The number of aromatic nitrogens is 1. The summed E-state index contributed by atoms with van der Waals surface area (Å²) < 4.78 is 0. The predicted molar refractivity (Wildman–Crippen MR) is 56.9 cm³/mol. The van der Waals surface area contributed by atoms with Crippen molar-refractivity contribution in [1.29, 1.82) is 5.26 Å². The Morgan fingerprint density at radius 2 is 1.93 bits per heavy atom. The zero-order chi connectivity index (χ0) is 10.7. The van der Waals surface area contributed by atoms with Crippen LogP contribution in [0.5, 0.6) is 0 Å². The van der Waals surface area contributed by atoms with E-state index < -0.39 is 0 Å². The standard InChI is InChI=1S/C12H16N2/c1-8(2)9(3)12-6-5-11(7-13)10(4)14-12/h5-6,8-9H,1-4H3. The average Bonchev–Trinajstić information content (AvgIpc) is 2.16. The van der Waals surface area contributed by atoms with Crippen LogP contribution in [0.25, 0.3) is 0 Å². The molecule has 1 heterocycles. The molecule has 0 aliphatic carbocycles. The summed E-state index contributed by atoms with van der Waals surface area (Å²) in [5.74, 6) is 1.02. The zero-order valence-electron chi connectivity index (χ0n) is 9.20. The number of aryl methyl sites for hydroxylation is 1. The van der Waals surface area contributed by atoms with Crippen molar-refractivity contribution in [2.24, 2.45) is 5.92 Å². The van der Waals surface area contributed by atoms with Crippen molar-refractivity contribution in [3.8, 4) is 6.07 Å². The Hall–Kier alpha value is -1.36. The van der Waals surface area contributed by atoms with Gasteiger partial charge in [-0.3, -0.25) is 4.98 Å². The van der Waals surface area contributed by atoms with Gasteiger partial charge >= 0.3 is 0 Å². The van der Waals surface area contributed by atoms with Crippen LogP contribution in [0.2, 0.25) is 0 Å². The summed E-state index contributed by atoms with van der Waals surface area (Å²) in [6.45, 7) is 8.41. The number of nitriles is 1. The Morgan fingerprint density at radius 3 is 2.36 bits per heavy atom. The largest absolute Gasteiger partial charge is 0.257 e. The molecule has 0 saturated heterocycles. The second kappa shape index (κ2) is 4.23. The van der Waals surface area contributed by atoms with Crippen molar-refractivity contribution in [3.63, 3.8) is 0 Å². The van der Waals surface area contributed by atoms with Gasteiger partial charge in [0.15, 0.2) is 0 Å². The Bertz CT molecular complexity index is 361. The van der Waals surface area contributed by atoms with Crippen LogP contribution in [0.15, 0.2) is 12.1 Å². The van der Waals surface area contributed by atoms with E-state index in [1.807, 2.05) is 19.1 Å². The number of nitrogens with zero attached hydrogens (tertiary/aromatic N) is 2. The quantitative estimate of drug-likeness (QED) is 0.715. The molecule has 0 bridgehead atoms. The molecule has 1 rings (SSSR count). The van der Waals surface area contributed by atoms with Gasteiger partial charge in [-0.15, -0.1) is 0 Å². The molecule has 0 radical (unpaired) electrons. The molecule has 1 unspecified atom stereocenters. The lowest BCUT2D eigenvalue weighted by molar-refractivity contribution is 0.522.